The highest BCUT2D eigenvalue weighted by atomic mass is 16.5. The van der Waals surface area contributed by atoms with Crippen LogP contribution in [0.1, 0.15) is 49.9 Å². The number of ether oxygens (including phenoxy) is 1. The molecule has 0 aromatic carbocycles. The van der Waals surface area contributed by atoms with Gasteiger partial charge in [-0.15, -0.1) is 10.2 Å². The molecule has 0 fully saturated rings. The summed E-state index contributed by atoms with van der Waals surface area (Å²) >= 11 is 0. The number of rotatable bonds is 5. The lowest BCUT2D eigenvalue weighted by atomic mass is 10.2. The van der Waals surface area contributed by atoms with E-state index in [1.165, 1.54) is 0 Å². The molecule has 0 radical (unpaired) electrons. The van der Waals surface area contributed by atoms with Crippen molar-refractivity contribution in [3.05, 3.63) is 35.3 Å². The van der Waals surface area contributed by atoms with Gasteiger partial charge in [-0.3, -0.25) is 4.98 Å². The van der Waals surface area contributed by atoms with Crippen LogP contribution >= 0.6 is 0 Å². The number of aromatic nitrogens is 3. The molecule has 0 atom stereocenters. The Labute approximate surface area is 113 Å². The molecule has 2 aromatic rings. The van der Waals surface area contributed by atoms with E-state index in [2.05, 4.69) is 22.1 Å². The lowest BCUT2D eigenvalue weighted by molar-refractivity contribution is 0.254. The van der Waals surface area contributed by atoms with Gasteiger partial charge in [-0.1, -0.05) is 20.8 Å². The van der Waals surface area contributed by atoms with Crippen LogP contribution in [-0.4, -0.2) is 15.2 Å². The Morgan fingerprint density at radius 1 is 1.26 bits per heavy atom. The number of hydrogen-bond acceptors (Lipinski definition) is 5. The maximum atomic E-state index is 5.70. The lowest BCUT2D eigenvalue weighted by Gasteiger charge is -2.08. The first-order valence-corrected chi connectivity index (χ1v) is 6.51. The molecule has 0 spiro atoms. The lowest BCUT2D eigenvalue weighted by Crippen LogP contribution is -2.01. The summed E-state index contributed by atoms with van der Waals surface area (Å²) in [7, 11) is 0. The van der Waals surface area contributed by atoms with Gasteiger partial charge in [0.1, 0.15) is 5.75 Å². The van der Waals surface area contributed by atoms with Gasteiger partial charge in [0.2, 0.25) is 5.89 Å². The van der Waals surface area contributed by atoms with Gasteiger partial charge in [-0.05, 0) is 25.5 Å². The average Bonchev–Trinajstić information content (AvgIpc) is 2.86. The second kappa shape index (κ2) is 5.82. The Kier molecular flexibility index (Phi) is 4.14. The molecule has 2 heterocycles. The van der Waals surface area contributed by atoms with Crippen LogP contribution in [0.25, 0.3) is 0 Å². The SMILES string of the molecule is CCc1nc(C)ccc1OCc1nnc(C(C)C)o1. The van der Waals surface area contributed by atoms with Crippen LogP contribution in [0.3, 0.4) is 0 Å². The fraction of sp³-hybridized carbons (Fsp3) is 0.500. The third-order valence-electron chi connectivity index (χ3n) is 2.73. The molecule has 0 saturated carbocycles. The van der Waals surface area contributed by atoms with Crippen molar-refractivity contribution in [2.24, 2.45) is 0 Å². The van der Waals surface area contributed by atoms with E-state index in [-0.39, 0.29) is 12.5 Å². The fourth-order valence-corrected chi connectivity index (χ4v) is 1.68. The molecule has 0 N–H and O–H groups in total. The monoisotopic (exact) mass is 261 g/mol. The van der Waals surface area contributed by atoms with E-state index >= 15 is 0 Å². The Morgan fingerprint density at radius 3 is 2.68 bits per heavy atom. The van der Waals surface area contributed by atoms with E-state index in [1.54, 1.807) is 0 Å². The molecule has 0 amide bonds. The highest BCUT2D eigenvalue weighted by Gasteiger charge is 2.11. The second-order valence-corrected chi connectivity index (χ2v) is 4.73. The Balaban J connectivity index is 2.05. The molecule has 0 saturated heterocycles. The van der Waals surface area contributed by atoms with E-state index in [9.17, 15) is 0 Å². The standard InChI is InChI=1S/C14H19N3O2/c1-5-11-12(7-6-10(4)15-11)18-8-13-16-17-14(19-13)9(2)3/h6-7,9H,5,8H2,1-4H3. The van der Waals surface area contributed by atoms with Crippen LogP contribution in [-0.2, 0) is 13.0 Å². The van der Waals surface area contributed by atoms with Gasteiger partial charge in [0.05, 0.1) is 5.69 Å². The molecule has 102 valence electrons. The molecule has 0 aliphatic rings. The zero-order valence-corrected chi connectivity index (χ0v) is 11.8. The highest BCUT2D eigenvalue weighted by Crippen LogP contribution is 2.19. The molecule has 0 bridgehead atoms. The predicted octanol–water partition coefficient (Wildman–Crippen LogP) is 3.04. The number of hydrogen-bond donors (Lipinski definition) is 0. The zero-order chi connectivity index (χ0) is 13.8. The molecular weight excluding hydrogens is 242 g/mol. The van der Waals surface area contributed by atoms with E-state index in [1.807, 2.05) is 32.9 Å². The summed E-state index contributed by atoms with van der Waals surface area (Å²) in [5.41, 5.74) is 1.94. The summed E-state index contributed by atoms with van der Waals surface area (Å²) in [6, 6.07) is 3.86. The summed E-state index contributed by atoms with van der Waals surface area (Å²) < 4.78 is 11.2. The molecule has 0 unspecified atom stereocenters. The number of aryl methyl sites for hydroxylation is 2. The van der Waals surface area contributed by atoms with Gasteiger partial charge >= 0.3 is 0 Å². The van der Waals surface area contributed by atoms with Crippen molar-refractivity contribution in [3.8, 4) is 5.75 Å². The van der Waals surface area contributed by atoms with Crippen molar-refractivity contribution >= 4 is 0 Å². The summed E-state index contributed by atoms with van der Waals surface area (Å²) in [6.45, 7) is 8.32. The highest BCUT2D eigenvalue weighted by molar-refractivity contribution is 5.29. The quantitative estimate of drug-likeness (QED) is 0.827. The molecule has 5 heteroatoms. The third kappa shape index (κ3) is 3.30. The van der Waals surface area contributed by atoms with Crippen molar-refractivity contribution in [1.82, 2.24) is 15.2 Å². The second-order valence-electron chi connectivity index (χ2n) is 4.73. The maximum absolute atomic E-state index is 5.70. The Bertz CT molecular complexity index is 549. The topological polar surface area (TPSA) is 61.0 Å². The normalized spacial score (nSPS) is 11.0. The van der Waals surface area contributed by atoms with Gasteiger partial charge in [-0.2, -0.15) is 0 Å². The summed E-state index contributed by atoms with van der Waals surface area (Å²) in [6.07, 6.45) is 0.831. The van der Waals surface area contributed by atoms with Gasteiger partial charge < -0.3 is 9.15 Å². The smallest absolute Gasteiger partial charge is 0.253 e. The van der Waals surface area contributed by atoms with Gasteiger partial charge in [0, 0.05) is 11.6 Å². The van der Waals surface area contributed by atoms with Gasteiger partial charge in [0.15, 0.2) is 6.61 Å². The first kappa shape index (κ1) is 13.5. The average molecular weight is 261 g/mol. The Morgan fingerprint density at radius 2 is 2.05 bits per heavy atom. The Hall–Kier alpha value is -1.91. The summed E-state index contributed by atoms with van der Waals surface area (Å²) in [5, 5.41) is 7.94. The molecule has 19 heavy (non-hydrogen) atoms. The number of pyridine rings is 1. The van der Waals surface area contributed by atoms with Gasteiger partial charge in [-0.25, -0.2) is 0 Å². The van der Waals surface area contributed by atoms with Crippen molar-refractivity contribution in [1.29, 1.82) is 0 Å². The van der Waals surface area contributed by atoms with Gasteiger partial charge in [0.25, 0.3) is 5.89 Å². The van der Waals surface area contributed by atoms with E-state index in [4.69, 9.17) is 9.15 Å². The molecular formula is C14H19N3O2. The van der Waals surface area contributed by atoms with Crippen LogP contribution in [0.4, 0.5) is 0 Å². The van der Waals surface area contributed by atoms with Crippen molar-refractivity contribution < 1.29 is 9.15 Å². The predicted molar refractivity (Wildman–Crippen MR) is 71.1 cm³/mol. The minimum atomic E-state index is 0.230. The van der Waals surface area contributed by atoms with Crippen molar-refractivity contribution in [2.45, 2.75) is 46.6 Å². The zero-order valence-electron chi connectivity index (χ0n) is 11.8. The molecule has 5 nitrogen and oxygen atoms in total. The molecule has 2 rings (SSSR count). The first-order chi connectivity index (χ1) is 9.10. The molecule has 2 aromatic heterocycles. The minimum Gasteiger partial charge on any atom is -0.482 e. The van der Waals surface area contributed by atoms with Crippen LogP contribution in [0.15, 0.2) is 16.5 Å². The van der Waals surface area contributed by atoms with Crippen LogP contribution in [0.2, 0.25) is 0 Å². The number of nitrogens with zero attached hydrogens (tertiary/aromatic N) is 3. The molecule has 0 aliphatic heterocycles. The van der Waals surface area contributed by atoms with Crippen LogP contribution < -0.4 is 4.74 Å². The van der Waals surface area contributed by atoms with E-state index in [0.29, 0.717) is 11.8 Å². The van der Waals surface area contributed by atoms with Crippen molar-refractivity contribution in [2.75, 3.05) is 0 Å². The molecule has 0 aliphatic carbocycles. The minimum absolute atomic E-state index is 0.230. The van der Waals surface area contributed by atoms with E-state index in [0.717, 1.165) is 23.6 Å². The van der Waals surface area contributed by atoms with Crippen molar-refractivity contribution in [3.63, 3.8) is 0 Å². The third-order valence-corrected chi connectivity index (χ3v) is 2.73. The summed E-state index contributed by atoms with van der Waals surface area (Å²) in [5.74, 6) is 2.13. The van der Waals surface area contributed by atoms with E-state index < -0.39 is 0 Å². The van der Waals surface area contributed by atoms with Crippen LogP contribution in [0.5, 0.6) is 5.75 Å². The summed E-state index contributed by atoms with van der Waals surface area (Å²) in [4.78, 5) is 4.45. The fourth-order valence-electron chi connectivity index (χ4n) is 1.68. The largest absolute Gasteiger partial charge is 0.482 e. The first-order valence-electron chi connectivity index (χ1n) is 6.51. The van der Waals surface area contributed by atoms with Crippen LogP contribution in [0, 0.1) is 6.92 Å². The maximum Gasteiger partial charge on any atom is 0.253 e.